The van der Waals surface area contributed by atoms with E-state index in [9.17, 15) is 9.18 Å². The number of carbonyl (C=O) groups excluding carboxylic acids is 1. The number of nitrogens with one attached hydrogen (secondary N) is 1. The second kappa shape index (κ2) is 3.60. The number of rotatable bonds is 2. The largest absolute Gasteiger partial charge is 0.444 e. The highest BCUT2D eigenvalue weighted by Gasteiger charge is 2.62. The Morgan fingerprint density at radius 3 is 2.44 bits per heavy atom. The Kier molecular flexibility index (Phi) is 2.63. The summed E-state index contributed by atoms with van der Waals surface area (Å²) in [4.78, 5) is 11.3. The predicted octanol–water partition coefficient (Wildman–Crippen LogP) is 2.65. The second-order valence-electron chi connectivity index (χ2n) is 6.19. The minimum Gasteiger partial charge on any atom is -0.444 e. The molecule has 1 atom stereocenters. The molecule has 2 rings (SSSR count). The van der Waals surface area contributed by atoms with Crippen LogP contribution in [0.15, 0.2) is 0 Å². The molecular formula is C12H20FNO2. The summed E-state index contributed by atoms with van der Waals surface area (Å²) in [6.07, 6.45) is 1.62. The number of alkyl carbamates (subject to hydrolysis) is 1. The quantitative estimate of drug-likeness (QED) is 0.790. The second-order valence-corrected chi connectivity index (χ2v) is 6.19. The molecule has 1 spiro atoms. The zero-order chi connectivity index (χ0) is 12.0. The summed E-state index contributed by atoms with van der Waals surface area (Å²) in [6.45, 7) is 6.12. The molecule has 0 aromatic rings. The molecule has 92 valence electrons. The molecule has 2 saturated carbocycles. The van der Waals surface area contributed by atoms with Gasteiger partial charge in [0.2, 0.25) is 0 Å². The molecule has 2 aliphatic carbocycles. The standard InChI is InChI=1S/C12H20FNO2/c1-11(2,3)16-10(15)14-7-8-4-12(5-8)6-9(12)13/h8-9H,4-7H2,1-3H3,(H,14,15). The van der Waals surface area contributed by atoms with E-state index in [4.69, 9.17) is 4.74 Å². The maximum atomic E-state index is 12.9. The highest BCUT2D eigenvalue weighted by atomic mass is 19.1. The van der Waals surface area contributed by atoms with E-state index in [0.717, 1.165) is 19.3 Å². The van der Waals surface area contributed by atoms with Crippen LogP contribution in [-0.4, -0.2) is 24.4 Å². The lowest BCUT2D eigenvalue weighted by Crippen LogP contribution is -2.40. The first-order chi connectivity index (χ1) is 7.31. The first-order valence-corrected chi connectivity index (χ1v) is 5.92. The fourth-order valence-corrected chi connectivity index (χ4v) is 2.50. The fraction of sp³-hybridized carbons (Fsp3) is 0.917. The van der Waals surface area contributed by atoms with E-state index < -0.39 is 11.8 Å². The van der Waals surface area contributed by atoms with Crippen molar-refractivity contribution in [3.63, 3.8) is 0 Å². The average Bonchev–Trinajstić information content (AvgIpc) is 2.68. The number of hydrogen-bond donors (Lipinski definition) is 1. The van der Waals surface area contributed by atoms with Gasteiger partial charge < -0.3 is 10.1 Å². The van der Waals surface area contributed by atoms with Crippen LogP contribution in [0.1, 0.15) is 40.0 Å². The van der Waals surface area contributed by atoms with Gasteiger partial charge in [-0.05, 0) is 46.0 Å². The molecule has 1 unspecified atom stereocenters. The maximum absolute atomic E-state index is 12.9. The minimum atomic E-state index is -0.578. The summed E-state index contributed by atoms with van der Waals surface area (Å²) >= 11 is 0. The highest BCUT2D eigenvalue weighted by molar-refractivity contribution is 5.67. The molecule has 1 amide bonds. The van der Waals surface area contributed by atoms with Crippen molar-refractivity contribution in [1.82, 2.24) is 5.32 Å². The molecule has 2 fully saturated rings. The molecule has 0 aliphatic heterocycles. The molecule has 16 heavy (non-hydrogen) atoms. The third kappa shape index (κ3) is 2.47. The van der Waals surface area contributed by atoms with Crippen molar-refractivity contribution in [2.75, 3.05) is 6.54 Å². The Labute approximate surface area is 95.7 Å². The first kappa shape index (κ1) is 11.7. The monoisotopic (exact) mass is 229 g/mol. The van der Waals surface area contributed by atoms with Crippen molar-refractivity contribution in [3.8, 4) is 0 Å². The highest BCUT2D eigenvalue weighted by Crippen LogP contribution is 2.64. The van der Waals surface area contributed by atoms with Gasteiger partial charge in [-0.2, -0.15) is 0 Å². The SMILES string of the molecule is CC(C)(C)OC(=O)NCC1CC2(C1)CC2F. The Hall–Kier alpha value is -0.800. The summed E-state index contributed by atoms with van der Waals surface area (Å²) in [7, 11) is 0. The number of alkyl halides is 1. The summed E-state index contributed by atoms with van der Waals surface area (Å²) < 4.78 is 18.0. The average molecular weight is 229 g/mol. The van der Waals surface area contributed by atoms with Gasteiger partial charge in [0, 0.05) is 12.0 Å². The van der Waals surface area contributed by atoms with E-state index in [1.165, 1.54) is 0 Å². The molecule has 1 N–H and O–H groups in total. The number of amides is 1. The van der Waals surface area contributed by atoms with Gasteiger partial charge in [-0.15, -0.1) is 0 Å². The number of halogens is 1. The zero-order valence-electron chi connectivity index (χ0n) is 10.2. The van der Waals surface area contributed by atoms with Gasteiger partial charge in [0.15, 0.2) is 0 Å². The van der Waals surface area contributed by atoms with Crippen LogP contribution in [-0.2, 0) is 4.74 Å². The summed E-state index contributed by atoms with van der Waals surface area (Å²) in [6, 6.07) is 0. The minimum absolute atomic E-state index is 0.0142. The smallest absolute Gasteiger partial charge is 0.407 e. The predicted molar refractivity (Wildman–Crippen MR) is 58.9 cm³/mol. The lowest BCUT2D eigenvalue weighted by atomic mass is 9.71. The van der Waals surface area contributed by atoms with Gasteiger partial charge in [0.25, 0.3) is 0 Å². The molecule has 0 heterocycles. The number of ether oxygens (including phenoxy) is 1. The van der Waals surface area contributed by atoms with Crippen LogP contribution in [0.2, 0.25) is 0 Å². The molecule has 0 radical (unpaired) electrons. The third-order valence-corrected chi connectivity index (χ3v) is 3.41. The zero-order valence-corrected chi connectivity index (χ0v) is 10.2. The molecule has 0 aromatic heterocycles. The van der Waals surface area contributed by atoms with Crippen LogP contribution in [0.3, 0.4) is 0 Å². The van der Waals surface area contributed by atoms with Crippen LogP contribution in [0.4, 0.5) is 9.18 Å². The molecule has 4 heteroatoms. The molecule has 0 aromatic carbocycles. The number of hydrogen-bond acceptors (Lipinski definition) is 2. The van der Waals surface area contributed by atoms with Crippen LogP contribution in [0.25, 0.3) is 0 Å². The Balaban J connectivity index is 1.61. The van der Waals surface area contributed by atoms with Crippen LogP contribution in [0.5, 0.6) is 0 Å². The molecular weight excluding hydrogens is 209 g/mol. The lowest BCUT2D eigenvalue weighted by molar-refractivity contribution is 0.0483. The van der Waals surface area contributed by atoms with Gasteiger partial charge >= 0.3 is 6.09 Å². The molecule has 2 aliphatic rings. The first-order valence-electron chi connectivity index (χ1n) is 5.92. The van der Waals surface area contributed by atoms with E-state index in [1.54, 1.807) is 0 Å². The number of carbonyl (C=O) groups is 1. The third-order valence-electron chi connectivity index (χ3n) is 3.41. The van der Waals surface area contributed by atoms with Gasteiger partial charge in [0.05, 0.1) is 0 Å². The van der Waals surface area contributed by atoms with E-state index in [1.807, 2.05) is 20.8 Å². The summed E-state index contributed by atoms with van der Waals surface area (Å²) in [5, 5.41) is 2.74. The van der Waals surface area contributed by atoms with Crippen LogP contribution < -0.4 is 5.32 Å². The normalized spacial score (nSPS) is 36.8. The van der Waals surface area contributed by atoms with Crippen molar-refractivity contribution in [2.24, 2.45) is 11.3 Å². The fourth-order valence-electron chi connectivity index (χ4n) is 2.50. The van der Waals surface area contributed by atoms with Gasteiger partial charge in [0.1, 0.15) is 11.8 Å². The van der Waals surface area contributed by atoms with Gasteiger partial charge in [-0.3, -0.25) is 0 Å². The van der Waals surface area contributed by atoms with E-state index in [0.29, 0.717) is 12.5 Å². The van der Waals surface area contributed by atoms with Crippen molar-refractivity contribution < 1.29 is 13.9 Å². The molecule has 3 nitrogen and oxygen atoms in total. The molecule has 0 bridgehead atoms. The van der Waals surface area contributed by atoms with Crippen molar-refractivity contribution in [3.05, 3.63) is 0 Å². The molecule has 0 saturated heterocycles. The van der Waals surface area contributed by atoms with Crippen LogP contribution >= 0.6 is 0 Å². The van der Waals surface area contributed by atoms with Crippen molar-refractivity contribution >= 4 is 6.09 Å². The van der Waals surface area contributed by atoms with Crippen LogP contribution in [0, 0.1) is 11.3 Å². The Bertz CT molecular complexity index is 292. The maximum Gasteiger partial charge on any atom is 0.407 e. The van der Waals surface area contributed by atoms with Crippen molar-refractivity contribution in [2.45, 2.75) is 51.8 Å². The van der Waals surface area contributed by atoms with Gasteiger partial charge in [-0.25, -0.2) is 9.18 Å². The lowest BCUT2D eigenvalue weighted by Gasteiger charge is -2.35. The Morgan fingerprint density at radius 1 is 1.44 bits per heavy atom. The summed E-state index contributed by atoms with van der Waals surface area (Å²) in [5.41, 5.74) is -0.439. The van der Waals surface area contributed by atoms with Crippen molar-refractivity contribution in [1.29, 1.82) is 0 Å². The summed E-state index contributed by atoms with van der Waals surface area (Å²) in [5.74, 6) is 0.438. The van der Waals surface area contributed by atoms with E-state index in [-0.39, 0.29) is 11.5 Å². The van der Waals surface area contributed by atoms with Gasteiger partial charge in [-0.1, -0.05) is 0 Å². The van der Waals surface area contributed by atoms with E-state index in [2.05, 4.69) is 5.32 Å². The van der Waals surface area contributed by atoms with E-state index >= 15 is 0 Å². The Morgan fingerprint density at radius 2 is 2.00 bits per heavy atom. The topological polar surface area (TPSA) is 38.3 Å².